The summed E-state index contributed by atoms with van der Waals surface area (Å²) >= 11 is 0. The molecule has 1 aromatic carbocycles. The highest BCUT2D eigenvalue weighted by Crippen LogP contribution is 2.33. The molecule has 1 aromatic rings. The topological polar surface area (TPSA) is 108 Å². The number of benzene rings is 1. The fraction of sp³-hybridized carbons (Fsp3) is 0.545. The molecule has 8 heteroatoms. The maximum Gasteiger partial charge on any atom is 0.325 e. The normalized spacial score (nSPS) is 17.9. The molecule has 30 heavy (non-hydrogen) atoms. The van der Waals surface area contributed by atoms with Gasteiger partial charge in [-0.25, -0.2) is 4.79 Å². The van der Waals surface area contributed by atoms with Gasteiger partial charge in [-0.2, -0.15) is 0 Å². The lowest BCUT2D eigenvalue weighted by Gasteiger charge is -2.30. The van der Waals surface area contributed by atoms with Crippen molar-refractivity contribution in [1.82, 2.24) is 10.2 Å². The van der Waals surface area contributed by atoms with Crippen LogP contribution in [-0.4, -0.2) is 40.7 Å². The van der Waals surface area contributed by atoms with E-state index in [9.17, 15) is 19.2 Å². The Bertz CT molecular complexity index is 813. The first-order valence-electron chi connectivity index (χ1n) is 10.6. The predicted octanol–water partition coefficient (Wildman–Crippen LogP) is 3.25. The first kappa shape index (κ1) is 21.8. The van der Waals surface area contributed by atoms with E-state index < -0.39 is 11.6 Å². The molecule has 1 aliphatic carbocycles. The van der Waals surface area contributed by atoms with Crippen LogP contribution >= 0.6 is 0 Å². The van der Waals surface area contributed by atoms with Crippen molar-refractivity contribution < 1.29 is 19.2 Å². The Balaban J connectivity index is 1.48. The minimum Gasteiger partial charge on any atom is -0.326 e. The zero-order valence-corrected chi connectivity index (χ0v) is 17.6. The molecule has 0 radical (unpaired) electrons. The van der Waals surface area contributed by atoms with Gasteiger partial charge < -0.3 is 16.0 Å². The van der Waals surface area contributed by atoms with E-state index in [1.54, 1.807) is 24.3 Å². The molecule has 162 valence electrons. The van der Waals surface area contributed by atoms with Crippen molar-refractivity contribution in [3.05, 3.63) is 24.3 Å². The van der Waals surface area contributed by atoms with Gasteiger partial charge in [-0.1, -0.05) is 33.1 Å². The predicted molar refractivity (Wildman–Crippen MR) is 114 cm³/mol. The molecule has 3 N–H and O–H groups in total. The molecule has 8 nitrogen and oxygen atoms in total. The monoisotopic (exact) mass is 414 g/mol. The number of imide groups is 1. The van der Waals surface area contributed by atoms with Crippen molar-refractivity contribution in [3.8, 4) is 0 Å². The number of urea groups is 1. The second-order valence-corrected chi connectivity index (χ2v) is 8.55. The number of carbonyl (C=O) groups is 4. The van der Waals surface area contributed by atoms with Crippen LogP contribution in [0, 0.1) is 5.92 Å². The SMILES string of the molecule is CC(C)CC(=O)Nc1ccc(NC(=O)CCN2C(=O)NC3(CCCCC3)C2=O)cc1. The molecule has 2 aliphatic rings. The standard InChI is InChI=1S/C22H30N4O4/c1-15(2)14-19(28)24-17-8-6-16(7-9-17)23-18(27)10-13-26-20(29)22(25-21(26)30)11-4-3-5-12-22/h6-9,15H,3-5,10-14H2,1-2H3,(H,23,27)(H,24,28)(H,25,30). The van der Waals surface area contributed by atoms with Crippen LogP contribution < -0.4 is 16.0 Å². The van der Waals surface area contributed by atoms with Gasteiger partial charge in [-0.3, -0.25) is 19.3 Å². The summed E-state index contributed by atoms with van der Waals surface area (Å²) in [5.74, 6) is -0.259. The lowest BCUT2D eigenvalue weighted by Crippen LogP contribution is -2.48. The zero-order chi connectivity index (χ0) is 21.7. The smallest absolute Gasteiger partial charge is 0.325 e. The molecule has 1 saturated carbocycles. The van der Waals surface area contributed by atoms with Crippen LogP contribution in [0.15, 0.2) is 24.3 Å². The van der Waals surface area contributed by atoms with E-state index in [1.807, 2.05) is 13.8 Å². The number of rotatable bonds is 7. The van der Waals surface area contributed by atoms with Crippen LogP contribution in [0.25, 0.3) is 0 Å². The first-order valence-corrected chi connectivity index (χ1v) is 10.6. The van der Waals surface area contributed by atoms with Crippen LogP contribution in [0.2, 0.25) is 0 Å². The Morgan fingerprint density at radius 2 is 1.57 bits per heavy atom. The highest BCUT2D eigenvalue weighted by Gasteiger charge is 2.51. The summed E-state index contributed by atoms with van der Waals surface area (Å²) in [6, 6.07) is 6.44. The van der Waals surface area contributed by atoms with Gasteiger partial charge in [-0.05, 0) is 43.0 Å². The van der Waals surface area contributed by atoms with Gasteiger partial charge >= 0.3 is 6.03 Å². The van der Waals surface area contributed by atoms with Gasteiger partial charge in [0.2, 0.25) is 11.8 Å². The van der Waals surface area contributed by atoms with Crippen LogP contribution in [0.4, 0.5) is 16.2 Å². The van der Waals surface area contributed by atoms with Crippen LogP contribution in [-0.2, 0) is 14.4 Å². The molecule has 1 spiro atoms. The second kappa shape index (κ2) is 9.28. The van der Waals surface area contributed by atoms with Gasteiger partial charge in [0.1, 0.15) is 5.54 Å². The Morgan fingerprint density at radius 1 is 1.00 bits per heavy atom. The third-order valence-electron chi connectivity index (χ3n) is 5.56. The Kier molecular flexibility index (Phi) is 6.74. The molecule has 0 unspecified atom stereocenters. The largest absolute Gasteiger partial charge is 0.326 e. The summed E-state index contributed by atoms with van der Waals surface area (Å²) in [7, 11) is 0. The van der Waals surface area contributed by atoms with E-state index in [0.29, 0.717) is 30.6 Å². The molecule has 2 fully saturated rings. The number of amides is 5. The fourth-order valence-electron chi connectivity index (χ4n) is 4.03. The Hall–Kier alpha value is -2.90. The van der Waals surface area contributed by atoms with Gasteiger partial charge in [-0.15, -0.1) is 0 Å². The third-order valence-corrected chi connectivity index (χ3v) is 5.56. The summed E-state index contributed by atoms with van der Waals surface area (Å²) < 4.78 is 0. The van der Waals surface area contributed by atoms with E-state index >= 15 is 0 Å². The van der Waals surface area contributed by atoms with E-state index in [2.05, 4.69) is 16.0 Å². The average Bonchev–Trinajstić information content (AvgIpc) is 2.91. The first-order chi connectivity index (χ1) is 14.3. The molecule has 1 aliphatic heterocycles. The van der Waals surface area contributed by atoms with Crippen LogP contribution in [0.3, 0.4) is 0 Å². The van der Waals surface area contributed by atoms with Crippen molar-refractivity contribution in [2.75, 3.05) is 17.2 Å². The van der Waals surface area contributed by atoms with Crippen molar-refractivity contribution in [2.45, 2.75) is 64.3 Å². The summed E-state index contributed by atoms with van der Waals surface area (Å²) in [5.41, 5.74) is 0.486. The number of nitrogens with zero attached hydrogens (tertiary/aromatic N) is 1. The molecule has 1 heterocycles. The maximum atomic E-state index is 12.7. The lowest BCUT2D eigenvalue weighted by molar-refractivity contribution is -0.132. The highest BCUT2D eigenvalue weighted by atomic mass is 16.2. The van der Waals surface area contributed by atoms with Crippen LogP contribution in [0.5, 0.6) is 0 Å². The molecule has 0 aromatic heterocycles. The fourth-order valence-corrected chi connectivity index (χ4v) is 4.03. The molecular weight excluding hydrogens is 384 g/mol. The zero-order valence-electron chi connectivity index (χ0n) is 17.6. The molecular formula is C22H30N4O4. The van der Waals surface area contributed by atoms with Crippen LogP contribution in [0.1, 0.15) is 58.8 Å². The second-order valence-electron chi connectivity index (χ2n) is 8.55. The Morgan fingerprint density at radius 3 is 2.13 bits per heavy atom. The lowest BCUT2D eigenvalue weighted by atomic mass is 9.82. The number of carbonyl (C=O) groups excluding carboxylic acids is 4. The van der Waals surface area contributed by atoms with E-state index in [0.717, 1.165) is 24.2 Å². The summed E-state index contributed by atoms with van der Waals surface area (Å²) in [6.07, 6.45) is 4.74. The molecule has 0 atom stereocenters. The van der Waals surface area contributed by atoms with Crippen molar-refractivity contribution in [1.29, 1.82) is 0 Å². The summed E-state index contributed by atoms with van der Waals surface area (Å²) in [4.78, 5) is 50.2. The minimum absolute atomic E-state index is 0.0299. The quantitative estimate of drug-likeness (QED) is 0.595. The molecule has 0 bridgehead atoms. The van der Waals surface area contributed by atoms with E-state index in [1.165, 1.54) is 0 Å². The average molecular weight is 415 g/mol. The number of anilines is 2. The molecule has 1 saturated heterocycles. The van der Waals surface area contributed by atoms with E-state index in [-0.39, 0.29) is 36.6 Å². The van der Waals surface area contributed by atoms with Gasteiger partial charge in [0, 0.05) is 30.8 Å². The van der Waals surface area contributed by atoms with Gasteiger partial charge in [0.05, 0.1) is 0 Å². The highest BCUT2D eigenvalue weighted by molar-refractivity contribution is 6.07. The molecule has 3 rings (SSSR count). The van der Waals surface area contributed by atoms with Crippen molar-refractivity contribution in [2.24, 2.45) is 5.92 Å². The minimum atomic E-state index is -0.762. The summed E-state index contributed by atoms with van der Waals surface area (Å²) in [6.45, 7) is 4.01. The maximum absolute atomic E-state index is 12.7. The van der Waals surface area contributed by atoms with Gasteiger partial charge in [0.15, 0.2) is 0 Å². The number of hydrogen-bond donors (Lipinski definition) is 3. The van der Waals surface area contributed by atoms with Gasteiger partial charge in [0.25, 0.3) is 5.91 Å². The third kappa shape index (κ3) is 5.17. The van der Waals surface area contributed by atoms with E-state index in [4.69, 9.17) is 0 Å². The van der Waals surface area contributed by atoms with Crippen molar-refractivity contribution in [3.63, 3.8) is 0 Å². The molecule has 5 amide bonds. The number of nitrogens with one attached hydrogen (secondary N) is 3. The summed E-state index contributed by atoms with van der Waals surface area (Å²) in [5, 5.41) is 8.42. The number of hydrogen-bond acceptors (Lipinski definition) is 4. The Labute approximate surface area is 176 Å². The van der Waals surface area contributed by atoms with Crippen molar-refractivity contribution >= 4 is 35.1 Å².